The van der Waals surface area contributed by atoms with E-state index in [1.165, 1.54) is 32.2 Å². The van der Waals surface area contributed by atoms with Crippen LogP contribution in [-0.4, -0.2) is 50.6 Å². The van der Waals surface area contributed by atoms with E-state index in [0.717, 1.165) is 25.6 Å². The zero-order valence-electron chi connectivity index (χ0n) is 11.3. The van der Waals surface area contributed by atoms with E-state index < -0.39 is 0 Å². The molecule has 0 aliphatic carbocycles. The molecule has 1 saturated heterocycles. The SMILES string of the molecule is CNCCC1CCCCN1CCCC(=O)NC. The summed E-state index contributed by atoms with van der Waals surface area (Å²) < 4.78 is 0. The van der Waals surface area contributed by atoms with Gasteiger partial charge in [-0.2, -0.15) is 0 Å². The molecule has 1 rings (SSSR count). The summed E-state index contributed by atoms with van der Waals surface area (Å²) in [5, 5.41) is 5.91. The lowest BCUT2D eigenvalue weighted by Crippen LogP contribution is -2.41. The predicted octanol–water partition coefficient (Wildman–Crippen LogP) is 0.977. The van der Waals surface area contributed by atoms with Crippen molar-refractivity contribution in [2.75, 3.05) is 33.7 Å². The molecule has 1 amide bonds. The number of hydrogen-bond acceptors (Lipinski definition) is 3. The Morgan fingerprint density at radius 1 is 1.35 bits per heavy atom. The third-order valence-electron chi connectivity index (χ3n) is 3.60. The monoisotopic (exact) mass is 241 g/mol. The molecule has 0 radical (unpaired) electrons. The maximum absolute atomic E-state index is 11.2. The van der Waals surface area contributed by atoms with Crippen LogP contribution < -0.4 is 10.6 Å². The van der Waals surface area contributed by atoms with Crippen LogP contribution in [0.3, 0.4) is 0 Å². The highest BCUT2D eigenvalue weighted by Gasteiger charge is 2.21. The van der Waals surface area contributed by atoms with Gasteiger partial charge in [0.2, 0.25) is 5.91 Å². The lowest BCUT2D eigenvalue weighted by Gasteiger charge is -2.35. The first-order valence-corrected chi connectivity index (χ1v) is 6.87. The lowest BCUT2D eigenvalue weighted by molar-refractivity contribution is -0.120. The number of amides is 1. The number of piperidine rings is 1. The first-order valence-electron chi connectivity index (χ1n) is 6.87. The average molecular weight is 241 g/mol. The highest BCUT2D eigenvalue weighted by Crippen LogP contribution is 2.19. The Hall–Kier alpha value is -0.610. The Bertz CT molecular complexity index is 221. The second-order valence-corrected chi connectivity index (χ2v) is 4.85. The summed E-state index contributed by atoms with van der Waals surface area (Å²) in [5.41, 5.74) is 0. The van der Waals surface area contributed by atoms with E-state index in [-0.39, 0.29) is 5.91 Å². The second-order valence-electron chi connectivity index (χ2n) is 4.85. The van der Waals surface area contributed by atoms with Crippen molar-refractivity contribution in [3.63, 3.8) is 0 Å². The molecule has 0 aromatic rings. The molecule has 0 aromatic carbocycles. The van der Waals surface area contributed by atoms with Crippen molar-refractivity contribution in [2.24, 2.45) is 0 Å². The van der Waals surface area contributed by atoms with E-state index in [4.69, 9.17) is 0 Å². The van der Waals surface area contributed by atoms with E-state index in [9.17, 15) is 4.79 Å². The van der Waals surface area contributed by atoms with Gasteiger partial charge in [0.25, 0.3) is 0 Å². The third kappa shape index (κ3) is 5.50. The molecule has 0 spiro atoms. The molecule has 0 aromatic heterocycles. The van der Waals surface area contributed by atoms with Gasteiger partial charge in [-0.3, -0.25) is 4.79 Å². The van der Waals surface area contributed by atoms with Gasteiger partial charge in [-0.05, 0) is 52.4 Å². The number of rotatable bonds is 7. The standard InChI is InChI=1S/C13H27N3O/c1-14-9-8-12-6-3-4-10-16(12)11-5-7-13(17)15-2/h12,14H,3-11H2,1-2H3,(H,15,17). The van der Waals surface area contributed by atoms with Crippen molar-refractivity contribution in [2.45, 2.75) is 44.6 Å². The van der Waals surface area contributed by atoms with Crippen LogP contribution in [0.5, 0.6) is 0 Å². The summed E-state index contributed by atoms with van der Waals surface area (Å²) in [5.74, 6) is 0.161. The Morgan fingerprint density at radius 2 is 2.18 bits per heavy atom. The van der Waals surface area contributed by atoms with Crippen molar-refractivity contribution >= 4 is 5.91 Å². The lowest BCUT2D eigenvalue weighted by atomic mass is 9.99. The van der Waals surface area contributed by atoms with Gasteiger partial charge in [-0.15, -0.1) is 0 Å². The van der Waals surface area contributed by atoms with E-state index in [0.29, 0.717) is 6.42 Å². The predicted molar refractivity (Wildman–Crippen MR) is 71.1 cm³/mol. The van der Waals surface area contributed by atoms with Gasteiger partial charge >= 0.3 is 0 Å². The molecule has 1 fully saturated rings. The molecular weight excluding hydrogens is 214 g/mol. The number of nitrogens with one attached hydrogen (secondary N) is 2. The number of carbonyl (C=O) groups excluding carboxylic acids is 1. The molecule has 1 aliphatic heterocycles. The molecule has 17 heavy (non-hydrogen) atoms. The number of nitrogens with zero attached hydrogens (tertiary/aromatic N) is 1. The van der Waals surface area contributed by atoms with Gasteiger partial charge in [0.15, 0.2) is 0 Å². The highest BCUT2D eigenvalue weighted by atomic mass is 16.1. The van der Waals surface area contributed by atoms with E-state index in [2.05, 4.69) is 15.5 Å². The summed E-state index contributed by atoms with van der Waals surface area (Å²) in [7, 11) is 3.72. The number of carbonyl (C=O) groups is 1. The molecule has 100 valence electrons. The largest absolute Gasteiger partial charge is 0.359 e. The van der Waals surface area contributed by atoms with Gasteiger partial charge in [0.1, 0.15) is 0 Å². The van der Waals surface area contributed by atoms with Gasteiger partial charge in [0, 0.05) is 19.5 Å². The Morgan fingerprint density at radius 3 is 2.88 bits per heavy atom. The molecule has 1 atom stereocenters. The van der Waals surface area contributed by atoms with Crippen molar-refractivity contribution in [1.82, 2.24) is 15.5 Å². The fourth-order valence-corrected chi connectivity index (χ4v) is 2.56. The summed E-state index contributed by atoms with van der Waals surface area (Å²) in [4.78, 5) is 13.7. The van der Waals surface area contributed by atoms with Crippen LogP contribution in [0.1, 0.15) is 38.5 Å². The topological polar surface area (TPSA) is 44.4 Å². The van der Waals surface area contributed by atoms with Crippen molar-refractivity contribution in [3.05, 3.63) is 0 Å². The zero-order valence-corrected chi connectivity index (χ0v) is 11.3. The summed E-state index contributed by atoms with van der Waals surface area (Å²) in [6.07, 6.45) is 6.87. The average Bonchev–Trinajstić information content (AvgIpc) is 2.37. The first-order chi connectivity index (χ1) is 8.27. The molecule has 0 bridgehead atoms. The first kappa shape index (κ1) is 14.5. The Balaban J connectivity index is 2.24. The summed E-state index contributed by atoms with van der Waals surface area (Å²) >= 11 is 0. The maximum atomic E-state index is 11.2. The molecule has 4 heteroatoms. The van der Waals surface area contributed by atoms with Gasteiger partial charge < -0.3 is 15.5 Å². The minimum atomic E-state index is 0.161. The van der Waals surface area contributed by atoms with Crippen LogP contribution in [0, 0.1) is 0 Å². The van der Waals surface area contributed by atoms with Crippen LogP contribution in [-0.2, 0) is 4.79 Å². The molecule has 1 unspecified atom stereocenters. The normalized spacial score (nSPS) is 21.4. The van der Waals surface area contributed by atoms with E-state index in [1.54, 1.807) is 7.05 Å². The quantitative estimate of drug-likeness (QED) is 0.698. The fraction of sp³-hybridized carbons (Fsp3) is 0.923. The van der Waals surface area contributed by atoms with Crippen molar-refractivity contribution in [1.29, 1.82) is 0 Å². The van der Waals surface area contributed by atoms with Gasteiger partial charge in [-0.1, -0.05) is 6.42 Å². The smallest absolute Gasteiger partial charge is 0.219 e. The van der Waals surface area contributed by atoms with Crippen molar-refractivity contribution < 1.29 is 4.79 Å². The maximum Gasteiger partial charge on any atom is 0.219 e. The molecule has 1 aliphatic rings. The minimum absolute atomic E-state index is 0.161. The van der Waals surface area contributed by atoms with Crippen LogP contribution >= 0.6 is 0 Å². The molecule has 4 nitrogen and oxygen atoms in total. The number of hydrogen-bond donors (Lipinski definition) is 2. The molecule has 2 N–H and O–H groups in total. The van der Waals surface area contributed by atoms with Crippen LogP contribution in [0.15, 0.2) is 0 Å². The summed E-state index contributed by atoms with van der Waals surface area (Å²) in [6, 6.07) is 0.723. The van der Waals surface area contributed by atoms with Crippen LogP contribution in [0.2, 0.25) is 0 Å². The number of likely N-dealkylation sites (tertiary alicyclic amines) is 1. The minimum Gasteiger partial charge on any atom is -0.359 e. The van der Waals surface area contributed by atoms with Crippen molar-refractivity contribution in [3.8, 4) is 0 Å². The Kier molecular flexibility index (Phi) is 7.21. The van der Waals surface area contributed by atoms with Crippen LogP contribution in [0.4, 0.5) is 0 Å². The third-order valence-corrected chi connectivity index (χ3v) is 3.60. The molecule has 0 saturated carbocycles. The second kappa shape index (κ2) is 8.48. The zero-order chi connectivity index (χ0) is 12.5. The van der Waals surface area contributed by atoms with E-state index >= 15 is 0 Å². The summed E-state index contributed by atoms with van der Waals surface area (Å²) in [6.45, 7) is 3.38. The fourth-order valence-electron chi connectivity index (χ4n) is 2.56. The Labute approximate surface area is 105 Å². The van der Waals surface area contributed by atoms with Gasteiger partial charge in [0.05, 0.1) is 0 Å². The van der Waals surface area contributed by atoms with Gasteiger partial charge in [-0.25, -0.2) is 0 Å². The molecule has 1 heterocycles. The van der Waals surface area contributed by atoms with Crippen LogP contribution in [0.25, 0.3) is 0 Å². The molecular formula is C13H27N3O. The van der Waals surface area contributed by atoms with E-state index in [1.807, 2.05) is 7.05 Å². The highest BCUT2D eigenvalue weighted by molar-refractivity contribution is 5.75.